The molecule has 108 valence electrons. The van der Waals surface area contributed by atoms with E-state index in [4.69, 9.17) is 0 Å². The van der Waals surface area contributed by atoms with E-state index in [0.29, 0.717) is 17.8 Å². The van der Waals surface area contributed by atoms with Crippen LogP contribution < -0.4 is 10.6 Å². The summed E-state index contributed by atoms with van der Waals surface area (Å²) in [5, 5.41) is 6.55. The highest BCUT2D eigenvalue weighted by molar-refractivity contribution is 5.92. The van der Waals surface area contributed by atoms with E-state index in [1.807, 2.05) is 12.1 Å². The smallest absolute Gasteiger partial charge is 0.270 e. The van der Waals surface area contributed by atoms with Crippen LogP contribution in [0.1, 0.15) is 61.9 Å². The Hall–Kier alpha value is -1.58. The molecule has 4 heteroatoms. The van der Waals surface area contributed by atoms with E-state index in [2.05, 4.69) is 15.6 Å². The summed E-state index contributed by atoms with van der Waals surface area (Å²) in [5.41, 5.74) is 1.54. The Morgan fingerprint density at radius 2 is 1.65 bits per heavy atom. The van der Waals surface area contributed by atoms with Crippen LogP contribution in [0.25, 0.3) is 0 Å². The van der Waals surface area contributed by atoms with Gasteiger partial charge in [0.1, 0.15) is 5.69 Å². The molecule has 0 radical (unpaired) electrons. The predicted octanol–water partition coefficient (Wildman–Crippen LogP) is 3.11. The van der Waals surface area contributed by atoms with Gasteiger partial charge in [0.15, 0.2) is 0 Å². The zero-order valence-electron chi connectivity index (χ0n) is 11.9. The molecular weight excluding hydrogens is 250 g/mol. The molecule has 20 heavy (non-hydrogen) atoms. The lowest BCUT2D eigenvalue weighted by atomic mass is 10.2. The van der Waals surface area contributed by atoms with E-state index in [0.717, 1.165) is 18.5 Å². The molecule has 2 saturated carbocycles. The Morgan fingerprint density at radius 1 is 1.00 bits per heavy atom. The Labute approximate surface area is 120 Å². The summed E-state index contributed by atoms with van der Waals surface area (Å²) in [6.45, 7) is 0. The lowest BCUT2D eigenvalue weighted by Crippen LogP contribution is -2.33. The first-order chi connectivity index (χ1) is 9.81. The van der Waals surface area contributed by atoms with Crippen LogP contribution in [0.15, 0.2) is 18.3 Å². The molecule has 0 spiro atoms. The lowest BCUT2D eigenvalue weighted by molar-refractivity contribution is 0.0933. The highest BCUT2D eigenvalue weighted by atomic mass is 16.1. The molecule has 1 heterocycles. The molecule has 1 aromatic heterocycles. The number of rotatable bonds is 4. The van der Waals surface area contributed by atoms with Crippen LogP contribution in [0.5, 0.6) is 0 Å². The van der Waals surface area contributed by atoms with Crippen molar-refractivity contribution in [1.29, 1.82) is 0 Å². The molecule has 0 saturated heterocycles. The SMILES string of the molecule is O=C(NC1CCCC1)c1ccc(NC2CCCC2)cn1. The van der Waals surface area contributed by atoms with E-state index in [9.17, 15) is 4.79 Å². The van der Waals surface area contributed by atoms with Crippen molar-refractivity contribution in [2.45, 2.75) is 63.5 Å². The van der Waals surface area contributed by atoms with E-state index in [1.54, 1.807) is 6.20 Å². The third-order valence-electron chi connectivity index (χ3n) is 4.41. The quantitative estimate of drug-likeness (QED) is 0.886. The molecule has 3 rings (SSSR count). The van der Waals surface area contributed by atoms with Crippen molar-refractivity contribution < 1.29 is 4.79 Å². The summed E-state index contributed by atoms with van der Waals surface area (Å²) >= 11 is 0. The first kappa shape index (κ1) is 13.4. The fourth-order valence-corrected chi connectivity index (χ4v) is 3.25. The zero-order valence-corrected chi connectivity index (χ0v) is 11.9. The van der Waals surface area contributed by atoms with Gasteiger partial charge < -0.3 is 10.6 Å². The molecule has 2 aliphatic rings. The second-order valence-electron chi connectivity index (χ2n) is 6.01. The molecular formula is C16H23N3O. The van der Waals surface area contributed by atoms with Crippen molar-refractivity contribution in [2.75, 3.05) is 5.32 Å². The van der Waals surface area contributed by atoms with Crippen molar-refractivity contribution >= 4 is 11.6 Å². The molecule has 1 amide bonds. The summed E-state index contributed by atoms with van der Waals surface area (Å²) in [7, 11) is 0. The van der Waals surface area contributed by atoms with Crippen LogP contribution in [0.4, 0.5) is 5.69 Å². The second-order valence-corrected chi connectivity index (χ2v) is 6.01. The highest BCUT2D eigenvalue weighted by Gasteiger charge is 2.19. The number of hydrogen-bond acceptors (Lipinski definition) is 3. The summed E-state index contributed by atoms with van der Waals surface area (Å²) in [5.74, 6) is -0.0377. The third kappa shape index (κ3) is 3.30. The lowest BCUT2D eigenvalue weighted by Gasteiger charge is -2.14. The van der Waals surface area contributed by atoms with Crippen LogP contribution in [0.2, 0.25) is 0 Å². The number of nitrogens with one attached hydrogen (secondary N) is 2. The Balaban J connectivity index is 1.55. The minimum absolute atomic E-state index is 0.0377. The van der Waals surface area contributed by atoms with Crippen LogP contribution >= 0.6 is 0 Å². The van der Waals surface area contributed by atoms with E-state index >= 15 is 0 Å². The van der Waals surface area contributed by atoms with Crippen molar-refractivity contribution in [2.24, 2.45) is 0 Å². The summed E-state index contributed by atoms with van der Waals surface area (Å²) in [6, 6.07) is 4.71. The van der Waals surface area contributed by atoms with Crippen molar-refractivity contribution in [3.05, 3.63) is 24.0 Å². The van der Waals surface area contributed by atoms with Crippen LogP contribution in [0, 0.1) is 0 Å². The van der Waals surface area contributed by atoms with Gasteiger partial charge in [-0.2, -0.15) is 0 Å². The van der Waals surface area contributed by atoms with E-state index < -0.39 is 0 Å². The fraction of sp³-hybridized carbons (Fsp3) is 0.625. The summed E-state index contributed by atoms with van der Waals surface area (Å²) < 4.78 is 0. The molecule has 2 fully saturated rings. The van der Waals surface area contributed by atoms with Gasteiger partial charge in [-0.15, -0.1) is 0 Å². The van der Waals surface area contributed by atoms with Gasteiger partial charge in [0.2, 0.25) is 0 Å². The molecule has 2 aliphatic carbocycles. The number of aromatic nitrogens is 1. The van der Waals surface area contributed by atoms with E-state index in [1.165, 1.54) is 38.5 Å². The summed E-state index contributed by atoms with van der Waals surface area (Å²) in [6.07, 6.45) is 11.5. The van der Waals surface area contributed by atoms with Gasteiger partial charge in [0, 0.05) is 12.1 Å². The Bertz CT molecular complexity index is 445. The van der Waals surface area contributed by atoms with Gasteiger partial charge >= 0.3 is 0 Å². The number of amides is 1. The van der Waals surface area contributed by atoms with Gasteiger partial charge in [-0.25, -0.2) is 4.98 Å². The number of carbonyl (C=O) groups excluding carboxylic acids is 1. The van der Waals surface area contributed by atoms with Gasteiger partial charge in [-0.1, -0.05) is 25.7 Å². The van der Waals surface area contributed by atoms with Crippen LogP contribution in [-0.4, -0.2) is 23.0 Å². The first-order valence-corrected chi connectivity index (χ1v) is 7.85. The summed E-state index contributed by atoms with van der Waals surface area (Å²) in [4.78, 5) is 16.4. The number of carbonyl (C=O) groups is 1. The van der Waals surface area contributed by atoms with Crippen LogP contribution in [-0.2, 0) is 0 Å². The maximum Gasteiger partial charge on any atom is 0.270 e. The second kappa shape index (κ2) is 6.25. The molecule has 0 unspecified atom stereocenters. The molecule has 0 aromatic carbocycles. The predicted molar refractivity (Wildman–Crippen MR) is 79.8 cm³/mol. The maximum atomic E-state index is 12.1. The normalized spacial score (nSPS) is 20.2. The minimum Gasteiger partial charge on any atom is -0.381 e. The zero-order chi connectivity index (χ0) is 13.8. The first-order valence-electron chi connectivity index (χ1n) is 7.85. The molecule has 0 atom stereocenters. The average Bonchev–Trinajstić information content (AvgIpc) is 3.13. The standard InChI is InChI=1S/C16H23N3O/c20-16(19-13-7-3-4-8-13)15-10-9-14(11-17-15)18-12-5-1-2-6-12/h9-13,18H,1-8H2,(H,19,20). The number of pyridine rings is 1. The van der Waals surface area contributed by atoms with Gasteiger partial charge in [0.25, 0.3) is 5.91 Å². The number of nitrogens with zero attached hydrogens (tertiary/aromatic N) is 1. The average molecular weight is 273 g/mol. The molecule has 1 aromatic rings. The van der Waals surface area contributed by atoms with E-state index in [-0.39, 0.29) is 5.91 Å². The van der Waals surface area contributed by atoms with Gasteiger partial charge in [-0.3, -0.25) is 4.79 Å². The number of hydrogen-bond donors (Lipinski definition) is 2. The molecule has 0 aliphatic heterocycles. The minimum atomic E-state index is -0.0377. The molecule has 0 bridgehead atoms. The molecule has 2 N–H and O–H groups in total. The largest absolute Gasteiger partial charge is 0.381 e. The molecule has 4 nitrogen and oxygen atoms in total. The maximum absolute atomic E-state index is 12.1. The topological polar surface area (TPSA) is 54.0 Å². The third-order valence-corrected chi connectivity index (χ3v) is 4.41. The van der Waals surface area contributed by atoms with Crippen molar-refractivity contribution in [3.8, 4) is 0 Å². The fourth-order valence-electron chi connectivity index (χ4n) is 3.25. The monoisotopic (exact) mass is 273 g/mol. The highest BCUT2D eigenvalue weighted by Crippen LogP contribution is 2.22. The van der Waals surface area contributed by atoms with Crippen molar-refractivity contribution in [1.82, 2.24) is 10.3 Å². The Morgan fingerprint density at radius 3 is 2.25 bits per heavy atom. The van der Waals surface area contributed by atoms with Gasteiger partial charge in [0.05, 0.1) is 11.9 Å². The van der Waals surface area contributed by atoms with Crippen LogP contribution in [0.3, 0.4) is 0 Å². The number of anilines is 1. The Kier molecular flexibility index (Phi) is 4.19. The van der Waals surface area contributed by atoms with Crippen molar-refractivity contribution in [3.63, 3.8) is 0 Å². The van der Waals surface area contributed by atoms with Gasteiger partial charge in [-0.05, 0) is 37.8 Å².